The van der Waals surface area contributed by atoms with Crippen molar-refractivity contribution in [3.05, 3.63) is 94.8 Å². The molecule has 2 aromatic carbocycles. The van der Waals surface area contributed by atoms with Gasteiger partial charge in [0.1, 0.15) is 5.82 Å². The highest BCUT2D eigenvalue weighted by Gasteiger charge is 2.32. The minimum absolute atomic E-state index is 0.0919. The smallest absolute Gasteiger partial charge is 0.257 e. The van der Waals surface area contributed by atoms with Crippen LogP contribution >= 0.6 is 11.6 Å². The Bertz CT molecular complexity index is 1460. The molecule has 2 aromatic heterocycles. The number of likely N-dealkylation sites (tertiary alicyclic amines) is 1. The van der Waals surface area contributed by atoms with Crippen molar-refractivity contribution in [2.45, 2.75) is 25.8 Å². The Morgan fingerprint density at radius 3 is 2.37 bits per heavy atom. The summed E-state index contributed by atoms with van der Waals surface area (Å²) in [5, 5.41) is 10.6. The van der Waals surface area contributed by atoms with E-state index in [9.17, 15) is 9.59 Å². The topological polar surface area (TPSA) is 92.2 Å². The monoisotopic (exact) mass is 528 g/mol. The number of carbonyl (C=O) groups excluding carboxylic acids is 2. The zero-order chi connectivity index (χ0) is 26.8. The molecule has 0 radical (unpaired) electrons. The van der Waals surface area contributed by atoms with Crippen molar-refractivity contribution in [2.75, 3.05) is 23.7 Å². The van der Waals surface area contributed by atoms with Crippen LogP contribution in [0.25, 0.3) is 11.3 Å². The number of nitrogens with zero attached hydrogens (tertiary/aromatic N) is 4. The van der Waals surface area contributed by atoms with E-state index in [-0.39, 0.29) is 23.8 Å². The first-order valence-corrected chi connectivity index (χ1v) is 12.9. The van der Waals surface area contributed by atoms with Gasteiger partial charge in [0.25, 0.3) is 11.8 Å². The molecule has 1 aliphatic heterocycles. The van der Waals surface area contributed by atoms with Gasteiger partial charge in [-0.1, -0.05) is 35.9 Å². The summed E-state index contributed by atoms with van der Waals surface area (Å²) in [5.74, 6) is 0.537. The molecule has 1 fully saturated rings. The number of hydrogen-bond donors (Lipinski definition) is 2. The average Bonchev–Trinajstić information content (AvgIpc) is 3.30. The molecular formula is C29H29ClN6O2. The number of pyridine rings is 1. The van der Waals surface area contributed by atoms with Gasteiger partial charge >= 0.3 is 0 Å². The fraction of sp³-hybridized carbons (Fsp3) is 0.241. The summed E-state index contributed by atoms with van der Waals surface area (Å²) in [7, 11) is 1.92. The van der Waals surface area contributed by atoms with Crippen LogP contribution in [0.3, 0.4) is 0 Å². The van der Waals surface area contributed by atoms with Crippen LogP contribution in [0, 0.1) is 0 Å². The second-order valence-electron chi connectivity index (χ2n) is 9.75. The number of hydrogen-bond acceptors (Lipinski definition) is 5. The Kier molecular flexibility index (Phi) is 7.15. The number of rotatable bonds is 7. The lowest BCUT2D eigenvalue weighted by atomic mass is 9.90. The number of carbonyl (C=O) groups is 2. The van der Waals surface area contributed by atoms with Gasteiger partial charge in [-0.25, -0.2) is 4.98 Å². The molecule has 1 aliphatic rings. The van der Waals surface area contributed by atoms with E-state index in [0.29, 0.717) is 40.7 Å². The van der Waals surface area contributed by atoms with Gasteiger partial charge in [0, 0.05) is 50.1 Å². The van der Waals surface area contributed by atoms with Crippen LogP contribution in [-0.2, 0) is 7.05 Å². The molecule has 0 spiro atoms. The van der Waals surface area contributed by atoms with Gasteiger partial charge in [0.15, 0.2) is 0 Å². The van der Waals surface area contributed by atoms with Crippen molar-refractivity contribution in [2.24, 2.45) is 7.05 Å². The van der Waals surface area contributed by atoms with Crippen LogP contribution < -0.4 is 10.6 Å². The van der Waals surface area contributed by atoms with Crippen molar-refractivity contribution >= 4 is 34.9 Å². The third-order valence-electron chi connectivity index (χ3n) is 6.59. The van der Waals surface area contributed by atoms with Crippen LogP contribution in [0.1, 0.15) is 46.0 Å². The first-order valence-electron chi connectivity index (χ1n) is 12.5. The van der Waals surface area contributed by atoms with Crippen molar-refractivity contribution in [3.8, 4) is 11.3 Å². The maximum atomic E-state index is 13.1. The minimum atomic E-state index is -0.348. The molecule has 0 unspecified atom stereocenters. The molecule has 0 bridgehead atoms. The summed E-state index contributed by atoms with van der Waals surface area (Å²) >= 11 is 6.33. The van der Waals surface area contributed by atoms with E-state index in [1.54, 1.807) is 41.4 Å². The lowest BCUT2D eigenvalue weighted by molar-refractivity contribution is 0.0602. The fourth-order valence-corrected chi connectivity index (χ4v) is 4.64. The van der Waals surface area contributed by atoms with E-state index in [4.69, 9.17) is 11.6 Å². The van der Waals surface area contributed by atoms with Crippen LogP contribution in [0.5, 0.6) is 0 Å². The molecule has 5 rings (SSSR count). The van der Waals surface area contributed by atoms with E-state index in [2.05, 4.69) is 45.0 Å². The Morgan fingerprint density at radius 2 is 1.74 bits per heavy atom. The zero-order valence-electron chi connectivity index (χ0n) is 21.5. The van der Waals surface area contributed by atoms with Crippen LogP contribution in [0.15, 0.2) is 73.1 Å². The highest BCUT2D eigenvalue weighted by Crippen LogP contribution is 2.31. The Balaban J connectivity index is 1.21. The van der Waals surface area contributed by atoms with Crippen LogP contribution in [0.4, 0.5) is 11.5 Å². The summed E-state index contributed by atoms with van der Waals surface area (Å²) in [5.41, 5.74) is 4.62. The molecule has 2 N–H and O–H groups in total. The van der Waals surface area contributed by atoms with Crippen LogP contribution in [0.2, 0.25) is 5.02 Å². The summed E-state index contributed by atoms with van der Waals surface area (Å²) < 4.78 is 1.85. The molecule has 194 valence electrons. The number of amides is 2. The lowest BCUT2D eigenvalue weighted by Crippen LogP contribution is -2.48. The molecule has 0 saturated carbocycles. The zero-order valence-corrected chi connectivity index (χ0v) is 22.2. The van der Waals surface area contributed by atoms with Crippen molar-refractivity contribution in [1.82, 2.24) is 19.7 Å². The molecule has 8 nitrogen and oxygen atoms in total. The molecule has 0 atom stereocenters. The van der Waals surface area contributed by atoms with Crippen molar-refractivity contribution in [1.29, 1.82) is 0 Å². The standard InChI is InChI=1S/C29H29ClN6O2/c1-18(2)33-27-11-9-22(15-31-27)28(37)34-25-14-21(8-10-24(25)30)29(38)36-16-23(17-36)19-4-6-20(7-5-19)26-12-13-32-35(26)3/h4-15,18,23H,16-17H2,1-3H3,(H,31,33)(H,34,37). The quantitative estimate of drug-likeness (QED) is 0.333. The fourth-order valence-electron chi connectivity index (χ4n) is 4.48. The van der Waals surface area contributed by atoms with Gasteiger partial charge in [0.2, 0.25) is 0 Å². The summed E-state index contributed by atoms with van der Waals surface area (Å²) in [6.45, 7) is 5.30. The summed E-state index contributed by atoms with van der Waals surface area (Å²) in [6.07, 6.45) is 3.29. The van der Waals surface area contributed by atoms with Crippen molar-refractivity contribution < 1.29 is 9.59 Å². The largest absolute Gasteiger partial charge is 0.368 e. The molecule has 2 amide bonds. The maximum absolute atomic E-state index is 13.1. The molecular weight excluding hydrogens is 500 g/mol. The molecule has 38 heavy (non-hydrogen) atoms. The number of aromatic nitrogens is 3. The highest BCUT2D eigenvalue weighted by molar-refractivity contribution is 6.34. The van der Waals surface area contributed by atoms with Gasteiger partial charge in [0.05, 0.1) is 22.0 Å². The highest BCUT2D eigenvalue weighted by atomic mass is 35.5. The van der Waals surface area contributed by atoms with Gasteiger partial charge < -0.3 is 15.5 Å². The normalized spacial score (nSPS) is 13.3. The minimum Gasteiger partial charge on any atom is -0.368 e. The van der Waals surface area contributed by atoms with Crippen LogP contribution in [-0.4, -0.2) is 50.6 Å². The average molecular weight is 529 g/mol. The Labute approximate surface area is 226 Å². The molecule has 1 saturated heterocycles. The second-order valence-corrected chi connectivity index (χ2v) is 10.2. The predicted molar refractivity (Wildman–Crippen MR) is 150 cm³/mol. The number of anilines is 2. The van der Waals surface area contributed by atoms with E-state index in [1.807, 2.05) is 31.6 Å². The predicted octanol–water partition coefficient (Wildman–Crippen LogP) is 5.45. The molecule has 0 aliphatic carbocycles. The van der Waals surface area contributed by atoms with Gasteiger partial charge in [-0.2, -0.15) is 5.10 Å². The van der Waals surface area contributed by atoms with E-state index < -0.39 is 0 Å². The van der Waals surface area contributed by atoms with Gasteiger partial charge in [-0.05, 0) is 61.4 Å². The third kappa shape index (κ3) is 5.40. The summed E-state index contributed by atoms with van der Waals surface area (Å²) in [4.78, 5) is 32.0. The van der Waals surface area contributed by atoms with Gasteiger partial charge in [-0.15, -0.1) is 0 Å². The third-order valence-corrected chi connectivity index (χ3v) is 6.92. The Hall–Kier alpha value is -4.17. The number of aryl methyl sites for hydroxylation is 1. The maximum Gasteiger partial charge on any atom is 0.257 e. The Morgan fingerprint density at radius 1 is 1.00 bits per heavy atom. The number of nitrogens with one attached hydrogen (secondary N) is 2. The van der Waals surface area contributed by atoms with Crippen molar-refractivity contribution in [3.63, 3.8) is 0 Å². The molecule has 4 aromatic rings. The number of benzene rings is 2. The van der Waals surface area contributed by atoms with Gasteiger partial charge in [-0.3, -0.25) is 14.3 Å². The first-order chi connectivity index (χ1) is 18.3. The molecule has 9 heteroatoms. The second kappa shape index (κ2) is 10.7. The number of halogens is 1. The summed E-state index contributed by atoms with van der Waals surface area (Å²) in [6, 6.07) is 19.0. The lowest BCUT2D eigenvalue weighted by Gasteiger charge is -2.39. The molecule has 3 heterocycles. The van der Waals surface area contributed by atoms with E-state index in [1.165, 1.54) is 11.8 Å². The van der Waals surface area contributed by atoms with E-state index in [0.717, 1.165) is 11.3 Å². The SMILES string of the molecule is CC(C)Nc1ccc(C(=O)Nc2cc(C(=O)N3CC(c4ccc(-c5ccnn5C)cc4)C3)ccc2Cl)cn1. The van der Waals surface area contributed by atoms with E-state index >= 15 is 0 Å². The first kappa shape index (κ1) is 25.5.